The first kappa shape index (κ1) is 21.7. The number of aryl methyl sites for hydroxylation is 1. The molecule has 2 aromatic carbocycles. The van der Waals surface area contributed by atoms with Crippen LogP contribution >= 0.6 is 39.0 Å². The lowest BCUT2D eigenvalue weighted by Crippen LogP contribution is -2.05. The summed E-state index contributed by atoms with van der Waals surface area (Å²) in [6.45, 7) is 3.94. The highest BCUT2D eigenvalue weighted by molar-refractivity contribution is 9.10. The Morgan fingerprint density at radius 3 is 2.65 bits per heavy atom. The van der Waals surface area contributed by atoms with Crippen LogP contribution in [0.25, 0.3) is 5.69 Å². The summed E-state index contributed by atoms with van der Waals surface area (Å²) in [5.41, 5.74) is 3.96. The van der Waals surface area contributed by atoms with Crippen LogP contribution < -0.4 is 5.32 Å². The zero-order valence-electron chi connectivity index (χ0n) is 16.7. The van der Waals surface area contributed by atoms with E-state index in [0.29, 0.717) is 20.7 Å². The number of carbonyl (C=O) groups is 1. The molecule has 0 saturated heterocycles. The molecule has 5 nitrogen and oxygen atoms in total. The molecule has 0 aliphatic carbocycles. The van der Waals surface area contributed by atoms with Crippen molar-refractivity contribution in [1.82, 2.24) is 14.8 Å². The average Bonchev–Trinajstić information content (AvgIpc) is 3.32. The van der Waals surface area contributed by atoms with Gasteiger partial charge < -0.3 is 9.88 Å². The first-order valence-corrected chi connectivity index (χ1v) is 12.0. The predicted molar refractivity (Wildman–Crippen MR) is 128 cm³/mol. The Bertz CT molecular complexity index is 1240. The summed E-state index contributed by atoms with van der Waals surface area (Å²) >= 11 is 6.06. The molecule has 0 bridgehead atoms. The van der Waals surface area contributed by atoms with Gasteiger partial charge in [-0.25, -0.2) is 4.39 Å². The highest BCUT2D eigenvalue weighted by Gasteiger charge is 2.18. The van der Waals surface area contributed by atoms with Crippen LogP contribution in [0.15, 0.2) is 63.4 Å². The molecule has 0 amide bonds. The van der Waals surface area contributed by atoms with Gasteiger partial charge in [-0.2, -0.15) is 0 Å². The van der Waals surface area contributed by atoms with Crippen molar-refractivity contribution in [2.75, 3.05) is 11.1 Å². The topological polar surface area (TPSA) is 59.8 Å². The molecule has 4 rings (SSSR count). The van der Waals surface area contributed by atoms with E-state index in [4.69, 9.17) is 0 Å². The molecule has 0 unspecified atom stereocenters. The van der Waals surface area contributed by atoms with Crippen LogP contribution in [0.3, 0.4) is 0 Å². The number of aromatic nitrogens is 3. The SMILES string of the molecule is Cc1cc(C(=O)CSc2nnc(Nc3ccccc3F)s2)c(C)n1-c1ccc(Br)cc1. The van der Waals surface area contributed by atoms with Gasteiger partial charge in [-0.15, -0.1) is 10.2 Å². The van der Waals surface area contributed by atoms with E-state index >= 15 is 0 Å². The van der Waals surface area contributed by atoms with E-state index < -0.39 is 0 Å². The van der Waals surface area contributed by atoms with Gasteiger partial charge in [-0.1, -0.05) is 51.2 Å². The van der Waals surface area contributed by atoms with E-state index in [9.17, 15) is 9.18 Å². The summed E-state index contributed by atoms with van der Waals surface area (Å²) in [5, 5.41) is 11.5. The fraction of sp³-hybridized carbons (Fsp3) is 0.136. The minimum Gasteiger partial charge on any atom is -0.328 e. The molecule has 1 N–H and O–H groups in total. The van der Waals surface area contributed by atoms with Crippen molar-refractivity contribution in [3.63, 3.8) is 0 Å². The number of thioether (sulfide) groups is 1. The first-order valence-electron chi connectivity index (χ1n) is 9.38. The zero-order chi connectivity index (χ0) is 22.0. The third-order valence-electron chi connectivity index (χ3n) is 4.67. The Morgan fingerprint density at radius 1 is 1.16 bits per heavy atom. The molecule has 0 radical (unpaired) electrons. The van der Waals surface area contributed by atoms with Gasteiger partial charge in [0.15, 0.2) is 10.1 Å². The second-order valence-electron chi connectivity index (χ2n) is 6.79. The Hall–Kier alpha value is -2.49. The summed E-state index contributed by atoms with van der Waals surface area (Å²) in [7, 11) is 0. The minimum atomic E-state index is -0.358. The van der Waals surface area contributed by atoms with E-state index in [2.05, 4.69) is 36.0 Å². The molecule has 158 valence electrons. The zero-order valence-corrected chi connectivity index (χ0v) is 19.9. The molecule has 0 aliphatic heterocycles. The third-order valence-corrected chi connectivity index (χ3v) is 7.17. The van der Waals surface area contributed by atoms with Crippen molar-refractivity contribution in [2.24, 2.45) is 0 Å². The minimum absolute atomic E-state index is 0.0280. The lowest BCUT2D eigenvalue weighted by atomic mass is 10.2. The largest absolute Gasteiger partial charge is 0.328 e. The molecule has 2 heterocycles. The molecular formula is C22H18BrFN4OS2. The summed E-state index contributed by atoms with van der Waals surface area (Å²) in [5.74, 6) is -0.0811. The fourth-order valence-electron chi connectivity index (χ4n) is 3.23. The lowest BCUT2D eigenvalue weighted by Gasteiger charge is -2.10. The van der Waals surface area contributed by atoms with Gasteiger partial charge in [0.2, 0.25) is 5.13 Å². The van der Waals surface area contributed by atoms with Crippen LogP contribution in [0.2, 0.25) is 0 Å². The summed E-state index contributed by atoms with van der Waals surface area (Å²) < 4.78 is 17.5. The van der Waals surface area contributed by atoms with Crippen molar-refractivity contribution in [1.29, 1.82) is 0 Å². The molecule has 0 atom stereocenters. The van der Waals surface area contributed by atoms with Crippen LogP contribution in [0.5, 0.6) is 0 Å². The number of rotatable bonds is 7. The number of nitrogens with one attached hydrogen (secondary N) is 1. The summed E-state index contributed by atoms with van der Waals surface area (Å²) in [6.07, 6.45) is 0. The standard InChI is InChI=1S/C22H18BrFN4OS2/c1-13-11-17(14(2)28(13)16-9-7-15(23)8-10-16)20(29)12-30-22-27-26-21(31-22)25-19-6-4-3-5-18(19)24/h3-11H,12H2,1-2H3,(H,25,26). The van der Waals surface area contributed by atoms with E-state index in [1.165, 1.54) is 29.2 Å². The van der Waals surface area contributed by atoms with Gasteiger partial charge in [-0.3, -0.25) is 4.79 Å². The highest BCUT2D eigenvalue weighted by Crippen LogP contribution is 2.30. The second kappa shape index (κ2) is 9.33. The molecule has 2 aromatic heterocycles. The van der Waals surface area contributed by atoms with Gasteiger partial charge >= 0.3 is 0 Å². The van der Waals surface area contributed by atoms with E-state index in [1.54, 1.807) is 18.2 Å². The second-order valence-corrected chi connectivity index (χ2v) is 9.90. The van der Waals surface area contributed by atoms with Crippen LogP contribution in [0, 0.1) is 19.7 Å². The van der Waals surface area contributed by atoms with Crippen molar-refractivity contribution in [3.05, 3.63) is 81.8 Å². The number of para-hydroxylation sites is 1. The van der Waals surface area contributed by atoms with Gasteiger partial charge in [0.1, 0.15) is 5.82 Å². The van der Waals surface area contributed by atoms with E-state index in [-0.39, 0.29) is 17.4 Å². The number of hydrogen-bond acceptors (Lipinski definition) is 6. The first-order chi connectivity index (χ1) is 14.9. The number of nitrogens with zero attached hydrogens (tertiary/aromatic N) is 3. The van der Waals surface area contributed by atoms with Gasteiger partial charge in [0, 0.05) is 27.1 Å². The van der Waals surface area contributed by atoms with Crippen LogP contribution in [-0.4, -0.2) is 26.3 Å². The Labute approximate surface area is 195 Å². The molecule has 4 aromatic rings. The van der Waals surface area contributed by atoms with Crippen molar-refractivity contribution >= 4 is 55.6 Å². The molecular weight excluding hydrogens is 499 g/mol. The van der Waals surface area contributed by atoms with Gasteiger partial charge in [-0.05, 0) is 56.3 Å². The number of hydrogen-bond donors (Lipinski definition) is 1. The number of Topliss-reactive ketones (excluding diaryl/α,β-unsaturated/α-hetero) is 1. The Morgan fingerprint density at radius 2 is 1.90 bits per heavy atom. The highest BCUT2D eigenvalue weighted by atomic mass is 79.9. The summed E-state index contributed by atoms with van der Waals surface area (Å²) in [6, 6.07) is 16.3. The molecule has 31 heavy (non-hydrogen) atoms. The van der Waals surface area contributed by atoms with E-state index in [1.807, 2.05) is 44.2 Å². The Kier molecular flexibility index (Phi) is 6.54. The number of halogens is 2. The quantitative estimate of drug-likeness (QED) is 0.222. The predicted octanol–water partition coefficient (Wildman–Crippen LogP) is 6.57. The Balaban J connectivity index is 1.44. The van der Waals surface area contributed by atoms with Crippen LogP contribution in [0.1, 0.15) is 21.7 Å². The number of benzene rings is 2. The third kappa shape index (κ3) is 4.89. The van der Waals surface area contributed by atoms with Crippen molar-refractivity contribution in [2.45, 2.75) is 18.2 Å². The molecule has 0 saturated carbocycles. The summed E-state index contributed by atoms with van der Waals surface area (Å²) in [4.78, 5) is 12.9. The van der Waals surface area contributed by atoms with E-state index in [0.717, 1.165) is 21.5 Å². The molecule has 0 aliphatic rings. The van der Waals surface area contributed by atoms with Crippen LogP contribution in [-0.2, 0) is 0 Å². The molecule has 0 spiro atoms. The number of ketones is 1. The lowest BCUT2D eigenvalue weighted by molar-refractivity contribution is 0.102. The van der Waals surface area contributed by atoms with Gasteiger partial charge in [0.25, 0.3) is 0 Å². The van der Waals surface area contributed by atoms with Gasteiger partial charge in [0.05, 0.1) is 11.4 Å². The molecule has 9 heteroatoms. The monoisotopic (exact) mass is 516 g/mol. The normalized spacial score (nSPS) is 11.0. The van der Waals surface area contributed by atoms with Crippen molar-refractivity contribution in [3.8, 4) is 5.69 Å². The molecule has 0 fully saturated rings. The fourth-order valence-corrected chi connectivity index (χ4v) is 5.15. The van der Waals surface area contributed by atoms with Crippen molar-refractivity contribution < 1.29 is 9.18 Å². The number of carbonyl (C=O) groups excluding carboxylic acids is 1. The average molecular weight is 517 g/mol. The smallest absolute Gasteiger partial charge is 0.210 e. The van der Waals surface area contributed by atoms with Crippen LogP contribution in [0.4, 0.5) is 15.2 Å². The number of anilines is 2. The maximum atomic E-state index is 13.8. The maximum absolute atomic E-state index is 13.8. The maximum Gasteiger partial charge on any atom is 0.210 e.